The van der Waals surface area contributed by atoms with Gasteiger partial charge in [-0.2, -0.15) is 0 Å². The Kier molecular flexibility index (Phi) is 4.00. The van der Waals surface area contributed by atoms with Crippen molar-refractivity contribution in [3.05, 3.63) is 65.0 Å². The zero-order valence-corrected chi connectivity index (χ0v) is 12.2. The maximum Gasteiger partial charge on any atom is 0.0713 e. The van der Waals surface area contributed by atoms with E-state index in [0.29, 0.717) is 6.61 Å². The van der Waals surface area contributed by atoms with E-state index in [1.165, 1.54) is 21.2 Å². The van der Waals surface area contributed by atoms with Crippen molar-refractivity contribution in [1.29, 1.82) is 0 Å². The largest absolute Gasteiger partial charge is 0.381 e. The smallest absolute Gasteiger partial charge is 0.0713 e. The summed E-state index contributed by atoms with van der Waals surface area (Å²) < 4.78 is 6.50. The maximum atomic E-state index is 5.17. The fourth-order valence-corrected chi connectivity index (χ4v) is 3.05. The van der Waals surface area contributed by atoms with Crippen LogP contribution in [-0.4, -0.2) is 7.11 Å². The highest BCUT2D eigenvalue weighted by Crippen LogP contribution is 2.24. The molecule has 1 heterocycles. The molecule has 0 spiro atoms. The molecule has 0 radical (unpaired) electrons. The molecule has 3 heteroatoms. The summed E-state index contributed by atoms with van der Waals surface area (Å²) in [5, 5.41) is 6.90. The summed E-state index contributed by atoms with van der Waals surface area (Å²) in [5.41, 5.74) is 3.64. The predicted octanol–water partition coefficient (Wildman–Crippen LogP) is 4.66. The molecule has 0 aliphatic rings. The number of methoxy groups -OCH3 is 1. The first-order chi connectivity index (χ1) is 9.85. The van der Waals surface area contributed by atoms with E-state index in [9.17, 15) is 0 Å². The molecule has 3 rings (SSSR count). The Morgan fingerprint density at radius 3 is 2.85 bits per heavy atom. The van der Waals surface area contributed by atoms with Crippen molar-refractivity contribution in [1.82, 2.24) is 0 Å². The van der Waals surface area contributed by atoms with Gasteiger partial charge in [0.1, 0.15) is 0 Å². The van der Waals surface area contributed by atoms with Crippen LogP contribution in [0.3, 0.4) is 0 Å². The predicted molar refractivity (Wildman–Crippen MR) is 86.3 cm³/mol. The van der Waals surface area contributed by atoms with Crippen molar-refractivity contribution in [2.24, 2.45) is 0 Å². The lowest BCUT2D eigenvalue weighted by atomic mass is 10.1. The van der Waals surface area contributed by atoms with E-state index >= 15 is 0 Å². The first-order valence-corrected chi connectivity index (χ1v) is 7.51. The van der Waals surface area contributed by atoms with Crippen molar-refractivity contribution in [2.75, 3.05) is 12.4 Å². The molecule has 20 heavy (non-hydrogen) atoms. The van der Waals surface area contributed by atoms with E-state index < -0.39 is 0 Å². The molecule has 102 valence electrons. The number of thiophene rings is 1. The highest BCUT2D eigenvalue weighted by Gasteiger charge is 1.99. The molecule has 2 aromatic carbocycles. The summed E-state index contributed by atoms with van der Waals surface area (Å²) in [5.74, 6) is 0. The number of ether oxygens (including phenoxy) is 1. The van der Waals surface area contributed by atoms with E-state index in [2.05, 4.69) is 59.2 Å². The molecule has 0 amide bonds. The van der Waals surface area contributed by atoms with Crippen molar-refractivity contribution in [3.63, 3.8) is 0 Å². The van der Waals surface area contributed by atoms with E-state index in [1.54, 1.807) is 18.4 Å². The Morgan fingerprint density at radius 2 is 1.95 bits per heavy atom. The topological polar surface area (TPSA) is 21.3 Å². The second kappa shape index (κ2) is 6.07. The zero-order valence-electron chi connectivity index (χ0n) is 11.4. The number of hydrogen-bond donors (Lipinski definition) is 1. The van der Waals surface area contributed by atoms with Crippen LogP contribution in [0.5, 0.6) is 0 Å². The third-order valence-electron chi connectivity index (χ3n) is 3.25. The molecule has 0 saturated carbocycles. The molecule has 0 aliphatic carbocycles. The standard InChI is InChI=1S/C17H17NOS/c1-19-12-14-4-2-3-13(9-14)11-18-16-5-6-17-15(10-16)7-8-20-17/h2-10,18H,11-12H2,1H3. The number of anilines is 1. The first kappa shape index (κ1) is 13.2. The Labute approximate surface area is 123 Å². The fraction of sp³-hybridized carbons (Fsp3) is 0.176. The van der Waals surface area contributed by atoms with Crippen molar-refractivity contribution < 1.29 is 4.74 Å². The van der Waals surface area contributed by atoms with Gasteiger partial charge >= 0.3 is 0 Å². The minimum atomic E-state index is 0.661. The molecule has 0 aliphatic heterocycles. The summed E-state index contributed by atoms with van der Waals surface area (Å²) >= 11 is 1.78. The van der Waals surface area contributed by atoms with Gasteiger partial charge in [0.25, 0.3) is 0 Å². The average molecular weight is 283 g/mol. The van der Waals surface area contributed by atoms with Gasteiger partial charge in [0.2, 0.25) is 0 Å². The molecule has 0 unspecified atom stereocenters. The van der Waals surface area contributed by atoms with Crippen LogP contribution >= 0.6 is 11.3 Å². The highest BCUT2D eigenvalue weighted by molar-refractivity contribution is 7.17. The maximum absolute atomic E-state index is 5.17. The van der Waals surface area contributed by atoms with Gasteiger partial charge in [0.15, 0.2) is 0 Å². The Hall–Kier alpha value is -1.84. The SMILES string of the molecule is COCc1cccc(CNc2ccc3sccc3c2)c1. The number of hydrogen-bond acceptors (Lipinski definition) is 3. The van der Waals surface area contributed by atoms with Gasteiger partial charge in [-0.1, -0.05) is 24.3 Å². The monoisotopic (exact) mass is 283 g/mol. The number of benzene rings is 2. The van der Waals surface area contributed by atoms with Crippen LogP contribution in [0, 0.1) is 0 Å². The third-order valence-corrected chi connectivity index (χ3v) is 4.15. The minimum Gasteiger partial charge on any atom is -0.381 e. The molecule has 0 saturated heterocycles. The van der Waals surface area contributed by atoms with Gasteiger partial charge in [-0.25, -0.2) is 0 Å². The molecule has 1 aromatic heterocycles. The molecule has 3 aromatic rings. The van der Waals surface area contributed by atoms with Gasteiger partial charge in [-0.3, -0.25) is 0 Å². The third kappa shape index (κ3) is 3.00. The second-order valence-electron chi connectivity index (χ2n) is 4.78. The molecular formula is C17H17NOS. The summed E-state index contributed by atoms with van der Waals surface area (Å²) in [6, 6.07) is 17.1. The number of fused-ring (bicyclic) bond motifs is 1. The van der Waals surface area contributed by atoms with Crippen LogP contribution < -0.4 is 5.32 Å². The Balaban J connectivity index is 1.70. The molecular weight excluding hydrogens is 266 g/mol. The fourth-order valence-electron chi connectivity index (χ4n) is 2.28. The van der Waals surface area contributed by atoms with Gasteiger partial charge in [0.05, 0.1) is 6.61 Å². The minimum absolute atomic E-state index is 0.661. The zero-order chi connectivity index (χ0) is 13.8. The lowest BCUT2D eigenvalue weighted by Gasteiger charge is -2.08. The molecule has 1 N–H and O–H groups in total. The average Bonchev–Trinajstić information content (AvgIpc) is 2.93. The summed E-state index contributed by atoms with van der Waals surface area (Å²) in [7, 11) is 1.72. The summed E-state index contributed by atoms with van der Waals surface area (Å²) in [6.07, 6.45) is 0. The molecule has 0 bridgehead atoms. The molecule has 0 atom stereocenters. The van der Waals surface area contributed by atoms with Gasteiger partial charge in [-0.15, -0.1) is 11.3 Å². The van der Waals surface area contributed by atoms with Gasteiger partial charge < -0.3 is 10.1 Å². The molecule has 0 fully saturated rings. The second-order valence-corrected chi connectivity index (χ2v) is 5.73. The first-order valence-electron chi connectivity index (χ1n) is 6.63. The van der Waals surface area contributed by atoms with Crippen molar-refractivity contribution in [2.45, 2.75) is 13.2 Å². The number of nitrogens with one attached hydrogen (secondary N) is 1. The van der Waals surface area contributed by atoms with Crippen LogP contribution in [0.1, 0.15) is 11.1 Å². The summed E-state index contributed by atoms with van der Waals surface area (Å²) in [6.45, 7) is 1.49. The summed E-state index contributed by atoms with van der Waals surface area (Å²) in [4.78, 5) is 0. The van der Waals surface area contributed by atoms with E-state index in [-0.39, 0.29) is 0 Å². The van der Waals surface area contributed by atoms with Gasteiger partial charge in [0, 0.05) is 24.0 Å². The quantitative estimate of drug-likeness (QED) is 0.735. The van der Waals surface area contributed by atoms with Crippen LogP contribution in [0.15, 0.2) is 53.9 Å². The van der Waals surface area contributed by atoms with E-state index in [1.807, 2.05) is 0 Å². The van der Waals surface area contributed by atoms with Gasteiger partial charge in [-0.05, 0) is 46.2 Å². The van der Waals surface area contributed by atoms with Crippen LogP contribution in [0.25, 0.3) is 10.1 Å². The van der Waals surface area contributed by atoms with E-state index in [0.717, 1.165) is 12.2 Å². The van der Waals surface area contributed by atoms with Crippen molar-refractivity contribution in [3.8, 4) is 0 Å². The highest BCUT2D eigenvalue weighted by atomic mass is 32.1. The van der Waals surface area contributed by atoms with Crippen molar-refractivity contribution >= 4 is 27.1 Å². The lowest BCUT2D eigenvalue weighted by Crippen LogP contribution is -2.00. The Morgan fingerprint density at radius 1 is 1.05 bits per heavy atom. The normalized spacial score (nSPS) is 10.8. The van der Waals surface area contributed by atoms with Crippen LogP contribution in [0.2, 0.25) is 0 Å². The van der Waals surface area contributed by atoms with Crippen LogP contribution in [0.4, 0.5) is 5.69 Å². The number of rotatable bonds is 5. The lowest BCUT2D eigenvalue weighted by molar-refractivity contribution is 0.185. The van der Waals surface area contributed by atoms with Crippen LogP contribution in [-0.2, 0) is 17.9 Å². The van der Waals surface area contributed by atoms with E-state index in [4.69, 9.17) is 4.74 Å². The Bertz CT molecular complexity index is 705. The molecule has 2 nitrogen and oxygen atoms in total.